The number of nitrogens with zero attached hydrogens (tertiary/aromatic N) is 5. The molecule has 1 N–H and O–H groups in total. The van der Waals surface area contributed by atoms with Gasteiger partial charge in [0.05, 0.1) is 18.8 Å². The number of aliphatic imine (C=N–C) groups is 1. The maximum absolute atomic E-state index is 5.64. The lowest BCUT2D eigenvalue weighted by Crippen LogP contribution is -2.41. The number of likely N-dealkylation sites (tertiary alicyclic amines) is 1. The minimum atomic E-state index is 0. The molecule has 4 rings (SSSR count). The summed E-state index contributed by atoms with van der Waals surface area (Å²) in [6.45, 7) is 7.56. The van der Waals surface area contributed by atoms with E-state index in [2.05, 4.69) is 39.4 Å². The van der Waals surface area contributed by atoms with E-state index in [1.807, 2.05) is 12.1 Å². The molecule has 146 valence electrons. The molecule has 27 heavy (non-hydrogen) atoms. The molecule has 0 amide bonds. The molecular weight excluding hydrogens is 455 g/mol. The Labute approximate surface area is 177 Å². The van der Waals surface area contributed by atoms with Crippen molar-refractivity contribution in [3.05, 3.63) is 42.5 Å². The molecular formula is C19H27IN6O. The summed E-state index contributed by atoms with van der Waals surface area (Å²) in [7, 11) is 0. The third kappa shape index (κ3) is 4.60. The van der Waals surface area contributed by atoms with Gasteiger partial charge < -0.3 is 15.0 Å². The molecule has 0 aliphatic carbocycles. The first kappa shape index (κ1) is 20.1. The molecule has 2 fully saturated rings. The molecule has 2 aromatic rings. The van der Waals surface area contributed by atoms with E-state index in [9.17, 15) is 0 Å². The molecule has 2 saturated heterocycles. The van der Waals surface area contributed by atoms with E-state index in [1.54, 1.807) is 17.3 Å². The fraction of sp³-hybridized carbons (Fsp3) is 0.526. The molecule has 7 nitrogen and oxygen atoms in total. The Morgan fingerprint density at radius 2 is 2.15 bits per heavy atom. The zero-order valence-corrected chi connectivity index (χ0v) is 18.0. The highest BCUT2D eigenvalue weighted by Gasteiger charge is 2.42. The Hall–Kier alpha value is -1.68. The van der Waals surface area contributed by atoms with Crippen LogP contribution in [0, 0.1) is 5.41 Å². The SMILES string of the molecule is CCNC(=NCc1ccc(-n2cncn2)cc1)N1CCC2(CCOC2)C1.I. The van der Waals surface area contributed by atoms with Gasteiger partial charge in [-0.1, -0.05) is 12.1 Å². The van der Waals surface area contributed by atoms with Crippen molar-refractivity contribution in [3.63, 3.8) is 0 Å². The van der Waals surface area contributed by atoms with Crippen molar-refractivity contribution in [2.45, 2.75) is 26.3 Å². The molecule has 3 heterocycles. The van der Waals surface area contributed by atoms with Gasteiger partial charge in [-0.05, 0) is 37.5 Å². The number of rotatable bonds is 4. The lowest BCUT2D eigenvalue weighted by molar-refractivity contribution is 0.156. The van der Waals surface area contributed by atoms with Crippen molar-refractivity contribution in [3.8, 4) is 5.69 Å². The van der Waals surface area contributed by atoms with Crippen LogP contribution in [-0.4, -0.2) is 58.5 Å². The monoisotopic (exact) mass is 482 g/mol. The van der Waals surface area contributed by atoms with Crippen LogP contribution < -0.4 is 5.32 Å². The highest BCUT2D eigenvalue weighted by molar-refractivity contribution is 14.0. The summed E-state index contributed by atoms with van der Waals surface area (Å²) < 4.78 is 7.40. The molecule has 8 heteroatoms. The lowest BCUT2D eigenvalue weighted by Gasteiger charge is -2.25. The van der Waals surface area contributed by atoms with E-state index in [0.717, 1.165) is 44.5 Å². The number of nitrogens with one attached hydrogen (secondary N) is 1. The molecule has 0 saturated carbocycles. The first-order valence-corrected chi connectivity index (χ1v) is 9.33. The standard InChI is InChI=1S/C19H26N6O.HI/c1-2-21-18(24-9-7-19(12-24)8-10-26-13-19)22-11-16-3-5-17(6-4-16)25-15-20-14-23-25;/h3-6,14-15H,2,7-13H2,1H3,(H,21,22);1H. The smallest absolute Gasteiger partial charge is 0.194 e. The van der Waals surface area contributed by atoms with Gasteiger partial charge in [0.25, 0.3) is 0 Å². The normalized spacial score (nSPS) is 22.3. The van der Waals surface area contributed by atoms with Crippen molar-refractivity contribution in [2.24, 2.45) is 10.4 Å². The summed E-state index contributed by atoms with van der Waals surface area (Å²) in [5.41, 5.74) is 2.53. The van der Waals surface area contributed by atoms with E-state index in [0.29, 0.717) is 12.0 Å². The lowest BCUT2D eigenvalue weighted by atomic mass is 9.87. The molecule has 2 aliphatic heterocycles. The largest absolute Gasteiger partial charge is 0.381 e. The zero-order chi connectivity index (χ0) is 17.8. The Kier molecular flexibility index (Phi) is 6.69. The molecule has 1 atom stereocenters. The third-order valence-corrected chi connectivity index (χ3v) is 5.29. The van der Waals surface area contributed by atoms with Crippen LogP contribution >= 0.6 is 24.0 Å². The number of hydrogen-bond donors (Lipinski definition) is 1. The van der Waals surface area contributed by atoms with Crippen LogP contribution in [-0.2, 0) is 11.3 Å². The highest BCUT2D eigenvalue weighted by atomic mass is 127. The Bertz CT molecular complexity index is 740. The van der Waals surface area contributed by atoms with Gasteiger partial charge in [0, 0.05) is 31.7 Å². The summed E-state index contributed by atoms with van der Waals surface area (Å²) in [6.07, 6.45) is 5.61. The summed E-state index contributed by atoms with van der Waals surface area (Å²) in [5.74, 6) is 1.01. The van der Waals surface area contributed by atoms with Gasteiger partial charge in [0.2, 0.25) is 0 Å². The van der Waals surface area contributed by atoms with Crippen molar-refractivity contribution in [1.82, 2.24) is 25.0 Å². The quantitative estimate of drug-likeness (QED) is 0.412. The average Bonchev–Trinajstić information content (AvgIpc) is 3.43. The number of hydrogen-bond acceptors (Lipinski definition) is 4. The van der Waals surface area contributed by atoms with E-state index >= 15 is 0 Å². The van der Waals surface area contributed by atoms with Crippen LogP contribution in [0.5, 0.6) is 0 Å². The molecule has 1 unspecified atom stereocenters. The molecule has 0 bridgehead atoms. The predicted octanol–water partition coefficient (Wildman–Crippen LogP) is 2.46. The van der Waals surface area contributed by atoms with E-state index < -0.39 is 0 Å². The number of ether oxygens (including phenoxy) is 1. The molecule has 2 aliphatic rings. The number of halogens is 1. The topological polar surface area (TPSA) is 67.6 Å². The second kappa shape index (κ2) is 9.01. The minimum Gasteiger partial charge on any atom is -0.381 e. The molecule has 0 radical (unpaired) electrons. The Balaban J connectivity index is 0.00000210. The van der Waals surface area contributed by atoms with Gasteiger partial charge in [-0.2, -0.15) is 5.10 Å². The number of guanidine groups is 1. The van der Waals surface area contributed by atoms with Gasteiger partial charge in [0.15, 0.2) is 5.96 Å². The van der Waals surface area contributed by atoms with Crippen LogP contribution in [0.2, 0.25) is 0 Å². The summed E-state index contributed by atoms with van der Waals surface area (Å²) >= 11 is 0. The molecule has 1 aromatic heterocycles. The van der Waals surface area contributed by atoms with E-state index in [1.165, 1.54) is 18.4 Å². The van der Waals surface area contributed by atoms with E-state index in [-0.39, 0.29) is 24.0 Å². The zero-order valence-electron chi connectivity index (χ0n) is 15.7. The molecule has 1 spiro atoms. The van der Waals surface area contributed by atoms with Crippen LogP contribution in [0.25, 0.3) is 5.69 Å². The van der Waals surface area contributed by atoms with Gasteiger partial charge in [-0.15, -0.1) is 24.0 Å². The van der Waals surface area contributed by atoms with Crippen LogP contribution in [0.1, 0.15) is 25.3 Å². The van der Waals surface area contributed by atoms with Crippen molar-refractivity contribution < 1.29 is 4.74 Å². The van der Waals surface area contributed by atoms with Gasteiger partial charge in [-0.25, -0.2) is 14.7 Å². The third-order valence-electron chi connectivity index (χ3n) is 5.29. The highest BCUT2D eigenvalue weighted by Crippen LogP contribution is 2.38. The van der Waals surface area contributed by atoms with Crippen molar-refractivity contribution >= 4 is 29.9 Å². The van der Waals surface area contributed by atoms with Crippen molar-refractivity contribution in [1.29, 1.82) is 0 Å². The fourth-order valence-corrected chi connectivity index (χ4v) is 3.77. The first-order chi connectivity index (χ1) is 12.8. The number of aromatic nitrogens is 3. The first-order valence-electron chi connectivity index (χ1n) is 9.33. The van der Waals surface area contributed by atoms with Crippen LogP contribution in [0.3, 0.4) is 0 Å². The Morgan fingerprint density at radius 1 is 1.30 bits per heavy atom. The van der Waals surface area contributed by atoms with Gasteiger partial charge in [0.1, 0.15) is 12.7 Å². The average molecular weight is 482 g/mol. The van der Waals surface area contributed by atoms with Gasteiger partial charge in [-0.3, -0.25) is 0 Å². The van der Waals surface area contributed by atoms with Crippen molar-refractivity contribution in [2.75, 3.05) is 32.8 Å². The minimum absolute atomic E-state index is 0. The summed E-state index contributed by atoms with van der Waals surface area (Å²) in [6, 6.07) is 8.29. The second-order valence-corrected chi connectivity index (χ2v) is 7.15. The fourth-order valence-electron chi connectivity index (χ4n) is 3.77. The summed E-state index contributed by atoms with van der Waals surface area (Å²) in [5, 5.41) is 7.60. The number of benzene rings is 1. The van der Waals surface area contributed by atoms with Crippen LogP contribution in [0.4, 0.5) is 0 Å². The molecule has 1 aromatic carbocycles. The van der Waals surface area contributed by atoms with E-state index in [4.69, 9.17) is 9.73 Å². The van der Waals surface area contributed by atoms with Crippen LogP contribution in [0.15, 0.2) is 41.9 Å². The maximum Gasteiger partial charge on any atom is 0.194 e. The predicted molar refractivity (Wildman–Crippen MR) is 116 cm³/mol. The Morgan fingerprint density at radius 3 is 2.81 bits per heavy atom. The second-order valence-electron chi connectivity index (χ2n) is 7.15. The summed E-state index contributed by atoms with van der Waals surface area (Å²) in [4.78, 5) is 11.2. The van der Waals surface area contributed by atoms with Gasteiger partial charge >= 0.3 is 0 Å². The maximum atomic E-state index is 5.64.